The summed E-state index contributed by atoms with van der Waals surface area (Å²) in [6.07, 6.45) is 1.70. The number of carbonyl (C=O) groups excluding carboxylic acids is 2. The van der Waals surface area contributed by atoms with Crippen LogP contribution >= 0.6 is 11.8 Å². The maximum atomic E-state index is 12.1. The summed E-state index contributed by atoms with van der Waals surface area (Å²) >= 11 is 0.914. The third kappa shape index (κ3) is 2.98. The SMILES string of the molecule is Cc1cc(C=C2SC(=O)N(C)C2=O)c(C)n1-c1cccc(C(=O)O)c1. The van der Waals surface area contributed by atoms with Crippen LogP contribution in [0, 0.1) is 13.8 Å². The molecule has 3 rings (SSSR count). The summed E-state index contributed by atoms with van der Waals surface area (Å²) in [5, 5.41) is 8.88. The van der Waals surface area contributed by atoms with E-state index in [0.717, 1.165) is 39.3 Å². The van der Waals surface area contributed by atoms with Gasteiger partial charge in [0, 0.05) is 24.1 Å². The largest absolute Gasteiger partial charge is 0.478 e. The lowest BCUT2D eigenvalue weighted by Crippen LogP contribution is -2.22. The molecule has 1 saturated heterocycles. The topological polar surface area (TPSA) is 79.6 Å². The Balaban J connectivity index is 2.06. The number of aryl methyl sites for hydroxylation is 1. The fourth-order valence-corrected chi connectivity index (χ4v) is 3.61. The molecule has 128 valence electrons. The molecule has 6 nitrogen and oxygen atoms in total. The number of rotatable bonds is 3. The van der Waals surface area contributed by atoms with Gasteiger partial charge in [-0.05, 0) is 61.5 Å². The van der Waals surface area contributed by atoms with Gasteiger partial charge in [-0.15, -0.1) is 0 Å². The van der Waals surface area contributed by atoms with Gasteiger partial charge in [0.05, 0.1) is 10.5 Å². The molecule has 0 radical (unpaired) electrons. The van der Waals surface area contributed by atoms with E-state index < -0.39 is 5.97 Å². The molecule has 0 aliphatic carbocycles. The standard InChI is InChI=1S/C18H16N2O4S/c1-10-7-13(9-15-16(21)19(3)18(24)25-15)11(2)20(10)14-6-4-5-12(8-14)17(22)23/h4-9H,1-3H3,(H,22,23). The zero-order valence-corrected chi connectivity index (χ0v) is 14.8. The zero-order chi connectivity index (χ0) is 18.3. The third-order valence-electron chi connectivity index (χ3n) is 4.09. The van der Waals surface area contributed by atoms with Crippen LogP contribution in [-0.2, 0) is 4.79 Å². The number of amides is 2. The van der Waals surface area contributed by atoms with Crippen molar-refractivity contribution in [2.24, 2.45) is 0 Å². The van der Waals surface area contributed by atoms with E-state index in [0.29, 0.717) is 4.91 Å². The molecule has 0 unspecified atom stereocenters. The highest BCUT2D eigenvalue weighted by molar-refractivity contribution is 8.18. The number of hydrogen-bond acceptors (Lipinski definition) is 4. The highest BCUT2D eigenvalue weighted by Gasteiger charge is 2.32. The van der Waals surface area contributed by atoms with Crippen LogP contribution in [0.15, 0.2) is 35.2 Å². The normalized spacial score (nSPS) is 16.1. The van der Waals surface area contributed by atoms with Gasteiger partial charge in [-0.3, -0.25) is 14.5 Å². The number of nitrogens with zero attached hydrogens (tertiary/aromatic N) is 2. The van der Waals surface area contributed by atoms with Crippen LogP contribution in [-0.4, -0.2) is 38.7 Å². The minimum absolute atomic E-state index is 0.207. The summed E-state index contributed by atoms with van der Waals surface area (Å²) in [5.41, 5.74) is 3.53. The number of aromatic carboxylic acids is 1. The molecule has 1 aliphatic rings. The van der Waals surface area contributed by atoms with Crippen molar-refractivity contribution in [3.63, 3.8) is 0 Å². The van der Waals surface area contributed by atoms with Crippen molar-refractivity contribution in [1.82, 2.24) is 9.47 Å². The first kappa shape index (κ1) is 17.0. The second kappa shape index (κ2) is 6.25. The predicted octanol–water partition coefficient (Wildman–Crippen LogP) is 3.46. The van der Waals surface area contributed by atoms with Gasteiger partial charge in [-0.2, -0.15) is 0 Å². The van der Waals surface area contributed by atoms with E-state index in [9.17, 15) is 19.5 Å². The van der Waals surface area contributed by atoms with Crippen molar-refractivity contribution in [3.05, 3.63) is 57.8 Å². The molecule has 1 aliphatic heterocycles. The summed E-state index contributed by atoms with van der Waals surface area (Å²) in [5.74, 6) is -1.30. The van der Waals surface area contributed by atoms with Gasteiger partial charge in [0.25, 0.3) is 11.1 Å². The molecule has 1 aromatic carbocycles. The Morgan fingerprint density at radius 2 is 1.92 bits per heavy atom. The average molecular weight is 356 g/mol. The molecular formula is C18H16N2O4S. The van der Waals surface area contributed by atoms with Gasteiger partial charge < -0.3 is 9.67 Å². The minimum atomic E-state index is -0.985. The van der Waals surface area contributed by atoms with E-state index >= 15 is 0 Å². The Hall–Kier alpha value is -2.80. The van der Waals surface area contributed by atoms with Gasteiger partial charge >= 0.3 is 5.97 Å². The van der Waals surface area contributed by atoms with Crippen molar-refractivity contribution in [3.8, 4) is 5.69 Å². The van der Waals surface area contributed by atoms with E-state index in [2.05, 4.69) is 0 Å². The quantitative estimate of drug-likeness (QED) is 0.852. The number of imide groups is 1. The second-order valence-corrected chi connectivity index (χ2v) is 6.75. The van der Waals surface area contributed by atoms with E-state index in [4.69, 9.17) is 0 Å². The Bertz CT molecular complexity index is 943. The van der Waals surface area contributed by atoms with E-state index in [-0.39, 0.29) is 16.7 Å². The lowest BCUT2D eigenvalue weighted by Gasteiger charge is -2.10. The van der Waals surface area contributed by atoms with Crippen molar-refractivity contribution >= 4 is 35.0 Å². The van der Waals surface area contributed by atoms with Crippen LogP contribution in [0.3, 0.4) is 0 Å². The van der Waals surface area contributed by atoms with Gasteiger partial charge in [-0.25, -0.2) is 4.79 Å². The predicted molar refractivity (Wildman–Crippen MR) is 95.9 cm³/mol. The lowest BCUT2D eigenvalue weighted by molar-refractivity contribution is -0.121. The van der Waals surface area contributed by atoms with E-state index in [1.54, 1.807) is 18.2 Å². The molecule has 0 saturated carbocycles. The van der Waals surface area contributed by atoms with Gasteiger partial charge in [0.1, 0.15) is 0 Å². The number of carboxylic acids is 1. The Kier molecular flexibility index (Phi) is 4.26. The minimum Gasteiger partial charge on any atom is -0.478 e. The van der Waals surface area contributed by atoms with Crippen LogP contribution in [0.4, 0.5) is 4.79 Å². The monoisotopic (exact) mass is 356 g/mol. The van der Waals surface area contributed by atoms with Crippen LogP contribution in [0.1, 0.15) is 27.3 Å². The summed E-state index contributed by atoms with van der Waals surface area (Å²) in [7, 11) is 1.46. The Morgan fingerprint density at radius 1 is 1.20 bits per heavy atom. The van der Waals surface area contributed by atoms with E-state index in [1.807, 2.05) is 30.5 Å². The maximum Gasteiger partial charge on any atom is 0.335 e. The Morgan fingerprint density at radius 3 is 2.52 bits per heavy atom. The fourth-order valence-electron chi connectivity index (χ4n) is 2.80. The van der Waals surface area contributed by atoms with Crippen LogP contribution < -0.4 is 0 Å². The van der Waals surface area contributed by atoms with Crippen LogP contribution in [0.2, 0.25) is 0 Å². The lowest BCUT2D eigenvalue weighted by atomic mass is 10.2. The number of benzene rings is 1. The van der Waals surface area contributed by atoms with Crippen LogP contribution in [0.5, 0.6) is 0 Å². The molecule has 25 heavy (non-hydrogen) atoms. The summed E-state index contributed by atoms with van der Waals surface area (Å²) in [4.78, 5) is 36.4. The molecule has 0 atom stereocenters. The van der Waals surface area contributed by atoms with Crippen molar-refractivity contribution in [1.29, 1.82) is 0 Å². The maximum absolute atomic E-state index is 12.1. The molecule has 2 amide bonds. The van der Waals surface area contributed by atoms with Crippen molar-refractivity contribution in [2.75, 3.05) is 7.05 Å². The molecular weight excluding hydrogens is 340 g/mol. The first-order valence-electron chi connectivity index (χ1n) is 7.54. The first-order valence-corrected chi connectivity index (χ1v) is 8.35. The summed E-state index contributed by atoms with van der Waals surface area (Å²) in [6.45, 7) is 3.80. The van der Waals surface area contributed by atoms with Gasteiger partial charge in [0.2, 0.25) is 0 Å². The molecule has 1 N–H and O–H groups in total. The highest BCUT2D eigenvalue weighted by Crippen LogP contribution is 2.32. The van der Waals surface area contributed by atoms with Crippen molar-refractivity contribution < 1.29 is 19.5 Å². The number of thioether (sulfide) groups is 1. The number of likely N-dealkylation sites (N-methyl/N-ethyl adjacent to an activating group) is 1. The highest BCUT2D eigenvalue weighted by atomic mass is 32.2. The van der Waals surface area contributed by atoms with Crippen molar-refractivity contribution in [2.45, 2.75) is 13.8 Å². The molecule has 2 aromatic rings. The number of carboxylic acid groups (broad SMARTS) is 1. The summed E-state index contributed by atoms with van der Waals surface area (Å²) < 4.78 is 1.93. The molecule has 0 spiro atoms. The van der Waals surface area contributed by atoms with Crippen LogP contribution in [0.25, 0.3) is 11.8 Å². The molecule has 1 fully saturated rings. The smallest absolute Gasteiger partial charge is 0.335 e. The van der Waals surface area contributed by atoms with Gasteiger partial charge in [0.15, 0.2) is 0 Å². The average Bonchev–Trinajstić information content (AvgIpc) is 2.98. The third-order valence-corrected chi connectivity index (χ3v) is 5.06. The zero-order valence-electron chi connectivity index (χ0n) is 13.9. The summed E-state index contributed by atoms with van der Waals surface area (Å²) in [6, 6.07) is 8.58. The number of carbonyl (C=O) groups is 3. The molecule has 7 heteroatoms. The second-order valence-electron chi connectivity index (χ2n) is 5.76. The van der Waals surface area contributed by atoms with Gasteiger partial charge in [-0.1, -0.05) is 6.07 Å². The number of hydrogen-bond donors (Lipinski definition) is 1. The Labute approximate surface area is 148 Å². The molecule has 1 aromatic heterocycles. The first-order chi connectivity index (χ1) is 11.8. The fraction of sp³-hybridized carbons (Fsp3) is 0.167. The molecule has 0 bridgehead atoms. The van der Waals surface area contributed by atoms with E-state index in [1.165, 1.54) is 13.1 Å². The molecule has 2 heterocycles. The number of aromatic nitrogens is 1.